The highest BCUT2D eigenvalue weighted by Crippen LogP contribution is 2.25. The minimum absolute atomic E-state index is 0.155. The van der Waals surface area contributed by atoms with Crippen LogP contribution in [0.3, 0.4) is 0 Å². The molecule has 0 saturated carbocycles. The van der Waals surface area contributed by atoms with E-state index in [0.29, 0.717) is 24.5 Å². The summed E-state index contributed by atoms with van der Waals surface area (Å²) in [6.45, 7) is 2.58. The van der Waals surface area contributed by atoms with Crippen molar-refractivity contribution in [2.75, 3.05) is 26.2 Å². The number of nitrogens with zero attached hydrogens (tertiary/aromatic N) is 1. The van der Waals surface area contributed by atoms with Gasteiger partial charge in [0.25, 0.3) is 5.92 Å². The molecular weight excluding hydrogens is 202 g/mol. The monoisotopic (exact) mass is 218 g/mol. The number of hydrogen-bond acceptors (Lipinski definition) is 4. The van der Waals surface area contributed by atoms with E-state index < -0.39 is 5.92 Å². The van der Waals surface area contributed by atoms with E-state index in [2.05, 4.69) is 5.32 Å². The summed E-state index contributed by atoms with van der Waals surface area (Å²) in [7, 11) is 0. The average Bonchev–Trinajstić information content (AvgIpc) is 2.13. The number of rotatable bonds is 5. The fraction of sp³-hybridized carbons (Fsp3) is 0.667. The molecule has 0 aromatic rings. The topological polar surface area (TPSA) is 65.1 Å². The largest absolute Gasteiger partial charge is 0.396 e. The van der Waals surface area contributed by atoms with E-state index in [1.807, 2.05) is 0 Å². The summed E-state index contributed by atoms with van der Waals surface area (Å²) >= 11 is 0. The SMILES string of the molecule is C/C(NCCN1CC(F)(F)C1)=C(\N)C=N. The van der Waals surface area contributed by atoms with Crippen molar-refractivity contribution >= 4 is 6.21 Å². The van der Waals surface area contributed by atoms with Crippen molar-refractivity contribution in [2.24, 2.45) is 5.73 Å². The van der Waals surface area contributed by atoms with E-state index in [4.69, 9.17) is 11.1 Å². The van der Waals surface area contributed by atoms with E-state index >= 15 is 0 Å². The maximum absolute atomic E-state index is 12.4. The highest BCUT2D eigenvalue weighted by molar-refractivity contribution is 5.75. The van der Waals surface area contributed by atoms with Crippen LogP contribution >= 0.6 is 0 Å². The lowest BCUT2D eigenvalue weighted by atomic mass is 10.1. The van der Waals surface area contributed by atoms with Crippen LogP contribution in [0.5, 0.6) is 0 Å². The molecule has 0 aromatic carbocycles. The minimum atomic E-state index is -2.50. The molecule has 0 radical (unpaired) electrons. The number of likely N-dealkylation sites (tertiary alicyclic amines) is 1. The zero-order chi connectivity index (χ0) is 11.5. The summed E-state index contributed by atoms with van der Waals surface area (Å²) in [5.41, 5.74) is 6.53. The molecule has 86 valence electrons. The fourth-order valence-electron chi connectivity index (χ4n) is 1.38. The summed E-state index contributed by atoms with van der Waals surface area (Å²) in [6, 6.07) is 0. The van der Waals surface area contributed by atoms with Crippen molar-refractivity contribution in [1.29, 1.82) is 5.41 Å². The van der Waals surface area contributed by atoms with Gasteiger partial charge >= 0.3 is 0 Å². The van der Waals surface area contributed by atoms with Crippen molar-refractivity contribution in [3.8, 4) is 0 Å². The van der Waals surface area contributed by atoms with E-state index in [1.54, 1.807) is 11.8 Å². The molecule has 0 aliphatic carbocycles. The Bertz CT molecular complexity index is 267. The van der Waals surface area contributed by atoms with Gasteiger partial charge in [0.05, 0.1) is 18.8 Å². The molecule has 1 saturated heterocycles. The summed E-state index contributed by atoms with van der Waals surface area (Å²) in [5, 5.41) is 9.88. The Morgan fingerprint density at radius 1 is 1.60 bits per heavy atom. The third kappa shape index (κ3) is 3.47. The number of alkyl halides is 2. The zero-order valence-electron chi connectivity index (χ0n) is 8.69. The Kier molecular flexibility index (Phi) is 3.62. The second-order valence-corrected chi connectivity index (χ2v) is 3.72. The Labute approximate surface area is 87.6 Å². The van der Waals surface area contributed by atoms with Crippen LogP contribution in [0.4, 0.5) is 8.78 Å². The van der Waals surface area contributed by atoms with Gasteiger partial charge in [-0.1, -0.05) is 0 Å². The average molecular weight is 218 g/mol. The Hall–Kier alpha value is -1.17. The molecule has 0 unspecified atom stereocenters. The second-order valence-electron chi connectivity index (χ2n) is 3.72. The normalized spacial score (nSPS) is 21.5. The molecule has 1 heterocycles. The quantitative estimate of drug-likeness (QED) is 0.584. The number of hydrogen-bond donors (Lipinski definition) is 3. The third-order valence-corrected chi connectivity index (χ3v) is 2.32. The fourth-order valence-corrected chi connectivity index (χ4v) is 1.38. The first-order chi connectivity index (χ1) is 6.94. The molecule has 4 N–H and O–H groups in total. The first-order valence-electron chi connectivity index (χ1n) is 4.75. The molecule has 0 amide bonds. The number of nitrogens with two attached hydrogens (primary N) is 1. The van der Waals surface area contributed by atoms with Crippen LogP contribution in [0, 0.1) is 5.41 Å². The molecular formula is C9H16F2N4. The van der Waals surface area contributed by atoms with Gasteiger partial charge in [-0.05, 0) is 6.92 Å². The minimum Gasteiger partial charge on any atom is -0.396 e. The predicted octanol–water partition coefficient (Wildman–Crippen LogP) is 0.367. The molecule has 0 aromatic heterocycles. The van der Waals surface area contributed by atoms with Gasteiger partial charge in [-0.25, -0.2) is 8.78 Å². The van der Waals surface area contributed by atoms with E-state index in [0.717, 1.165) is 6.21 Å². The lowest BCUT2D eigenvalue weighted by Crippen LogP contribution is -2.57. The maximum Gasteiger partial charge on any atom is 0.272 e. The summed E-state index contributed by atoms with van der Waals surface area (Å²) in [4.78, 5) is 1.67. The lowest BCUT2D eigenvalue weighted by Gasteiger charge is -2.38. The van der Waals surface area contributed by atoms with Crippen LogP contribution in [0.25, 0.3) is 0 Å². The van der Waals surface area contributed by atoms with Crippen molar-refractivity contribution in [3.63, 3.8) is 0 Å². The van der Waals surface area contributed by atoms with Gasteiger partial charge in [-0.15, -0.1) is 0 Å². The van der Waals surface area contributed by atoms with Gasteiger partial charge in [0, 0.05) is 25.0 Å². The van der Waals surface area contributed by atoms with Crippen LogP contribution in [0.1, 0.15) is 6.92 Å². The first-order valence-corrected chi connectivity index (χ1v) is 4.75. The van der Waals surface area contributed by atoms with Crippen molar-refractivity contribution in [1.82, 2.24) is 10.2 Å². The molecule has 1 aliphatic heterocycles. The summed E-state index contributed by atoms with van der Waals surface area (Å²) in [5.74, 6) is -2.50. The molecule has 1 rings (SSSR count). The second kappa shape index (κ2) is 4.57. The van der Waals surface area contributed by atoms with Gasteiger partial charge in [-0.2, -0.15) is 0 Å². The molecule has 0 bridgehead atoms. The highest BCUT2D eigenvalue weighted by atomic mass is 19.3. The van der Waals surface area contributed by atoms with Gasteiger partial charge in [0.2, 0.25) is 0 Å². The highest BCUT2D eigenvalue weighted by Gasteiger charge is 2.43. The van der Waals surface area contributed by atoms with Crippen LogP contribution < -0.4 is 11.1 Å². The standard InChI is InChI=1S/C9H16F2N4/c1-7(8(13)4-12)14-2-3-15-5-9(10,11)6-15/h4,12,14H,2-3,5-6,13H2,1H3/b8-7+,12-4?. The van der Waals surface area contributed by atoms with Crippen molar-refractivity contribution < 1.29 is 8.78 Å². The Morgan fingerprint density at radius 2 is 2.20 bits per heavy atom. The van der Waals surface area contributed by atoms with Gasteiger partial charge in [-0.3, -0.25) is 4.90 Å². The number of halogens is 2. The van der Waals surface area contributed by atoms with Gasteiger partial charge in [0.15, 0.2) is 0 Å². The molecule has 6 heteroatoms. The van der Waals surface area contributed by atoms with E-state index in [1.165, 1.54) is 0 Å². The summed E-state index contributed by atoms with van der Waals surface area (Å²) < 4.78 is 24.9. The predicted molar refractivity (Wildman–Crippen MR) is 55.1 cm³/mol. The van der Waals surface area contributed by atoms with Crippen LogP contribution in [-0.2, 0) is 0 Å². The molecule has 0 spiro atoms. The summed E-state index contributed by atoms with van der Waals surface area (Å²) in [6.07, 6.45) is 1.06. The Balaban J connectivity index is 2.16. The lowest BCUT2D eigenvalue weighted by molar-refractivity contribution is -0.129. The molecule has 4 nitrogen and oxygen atoms in total. The zero-order valence-corrected chi connectivity index (χ0v) is 8.69. The molecule has 15 heavy (non-hydrogen) atoms. The first kappa shape index (κ1) is 11.9. The number of nitrogens with one attached hydrogen (secondary N) is 2. The van der Waals surface area contributed by atoms with Crippen LogP contribution in [0.2, 0.25) is 0 Å². The van der Waals surface area contributed by atoms with Gasteiger partial charge in [0.1, 0.15) is 0 Å². The maximum atomic E-state index is 12.4. The molecule has 1 fully saturated rings. The number of allylic oxidation sites excluding steroid dienone is 2. The van der Waals surface area contributed by atoms with E-state index in [-0.39, 0.29) is 13.1 Å². The molecule has 0 atom stereocenters. The van der Waals surface area contributed by atoms with Crippen molar-refractivity contribution in [3.05, 3.63) is 11.4 Å². The smallest absolute Gasteiger partial charge is 0.272 e. The Morgan fingerprint density at radius 3 is 2.67 bits per heavy atom. The van der Waals surface area contributed by atoms with Crippen LogP contribution in [-0.4, -0.2) is 43.2 Å². The third-order valence-electron chi connectivity index (χ3n) is 2.32. The molecule has 1 aliphatic rings. The van der Waals surface area contributed by atoms with Gasteiger partial charge < -0.3 is 16.5 Å². The van der Waals surface area contributed by atoms with Crippen molar-refractivity contribution in [2.45, 2.75) is 12.8 Å². The van der Waals surface area contributed by atoms with E-state index in [9.17, 15) is 8.78 Å². The van der Waals surface area contributed by atoms with Crippen LogP contribution in [0.15, 0.2) is 11.4 Å².